The molecule has 27 rings (SSSR count). The molecule has 136 heavy (non-hydrogen) atoms. The summed E-state index contributed by atoms with van der Waals surface area (Å²) >= 11 is 0. The van der Waals surface area contributed by atoms with E-state index in [9.17, 15) is 0 Å². The van der Waals surface area contributed by atoms with E-state index in [1.54, 1.807) is 0 Å². The Hall–Kier alpha value is -18.8. The van der Waals surface area contributed by atoms with Crippen molar-refractivity contribution in [2.24, 2.45) is 0 Å². The second-order valence-electron chi connectivity index (χ2n) is 33.5. The van der Waals surface area contributed by atoms with Crippen molar-refractivity contribution < 1.29 is 0 Å². The number of imidazole rings is 3. The van der Waals surface area contributed by atoms with Crippen LogP contribution in [-0.2, 0) is 0 Å². The number of benzene rings is 18. The number of hydrogen-bond donors (Lipinski definition) is 0. The summed E-state index contributed by atoms with van der Waals surface area (Å²) in [6, 6.07) is 163. The molecule has 3 aliphatic heterocycles. The van der Waals surface area contributed by atoms with Gasteiger partial charge in [0, 0.05) is 78.4 Å². The molecule has 0 unspecified atom stereocenters. The first-order valence-electron chi connectivity index (χ1n) is 45.4. The number of nitrogens with zero attached hydrogens (tertiary/aromatic N) is 16. The number of para-hydroxylation sites is 12. The van der Waals surface area contributed by atoms with Crippen LogP contribution in [0.25, 0.3) is 185 Å². The molecule has 0 saturated carbocycles. The van der Waals surface area contributed by atoms with Gasteiger partial charge < -0.3 is 0 Å². The SMILES string of the molecule is c1ccc(-c2cc(-c3ccccc3)nc(N3c4ccccc4-c4ccccc4-n4c3nc3ccccc34)n2)cc1.c1ccc(-c2cc(N3c4ccccc4-c4ccccc4-n4c3nc3ccccc34)nc(-c3ccccc3)n2)cc1.c1ccc(-c2nc(-c3ccccc3)nc(-c3cc(-c4ccc5ccccc5c4)cc(N4c5ccccc5-c5ccccc5-n5c4nc4ccccc45)c3)n2)cc1. The summed E-state index contributed by atoms with van der Waals surface area (Å²) in [5.74, 6) is 6.14. The zero-order chi connectivity index (χ0) is 89.9. The molecule has 0 N–H and O–H groups in total. The van der Waals surface area contributed by atoms with Gasteiger partial charge in [0.05, 0.1) is 90.0 Å². The molecular weight excluding hydrogens is 1670 g/mol. The van der Waals surface area contributed by atoms with Crippen molar-refractivity contribution in [3.63, 3.8) is 0 Å². The topological polar surface area (TPSA) is 153 Å². The van der Waals surface area contributed by atoms with Crippen LogP contribution < -0.4 is 14.7 Å². The summed E-state index contributed by atoms with van der Waals surface area (Å²) in [5, 5.41) is 2.37. The standard InChI is InChI=1S/C50H32N6.2C35H23N5/c1-3-16-34(17-4-1)47-52-48(35-18-5-2-6-19-35)54-49(53-47)39-30-38(37-28-27-33-15-7-8-20-36(33)29-37)31-40(32-39)55-44-24-12-9-21-41(44)42-22-10-13-25-45(42)56-46-26-14-11-23-43(46)51-50(55)56;1-3-13-24(14-4-1)29-23-30(25-15-5-2-6-16-25)37-34(36-29)40-32-21-11-8-18-27(32)26-17-7-10-20-31(26)39-33-22-12-9-19-28(33)38-35(39)40;1-3-13-24(14-4-1)29-23-33(38-34(36-29)25-15-5-2-6-16-25)40-31-21-11-8-18-27(31)26-17-7-10-20-30(26)39-32-22-12-9-19-28(32)37-35(39)40/h1-32H;2*1-23H. The molecule has 18 aromatic carbocycles. The van der Waals surface area contributed by atoms with Crippen LogP contribution in [0.15, 0.2) is 473 Å². The van der Waals surface area contributed by atoms with Gasteiger partial charge in [0.15, 0.2) is 23.3 Å². The van der Waals surface area contributed by atoms with Crippen molar-refractivity contribution in [1.29, 1.82) is 0 Å². The predicted molar refractivity (Wildman–Crippen MR) is 550 cm³/mol. The molecule has 24 aromatic rings. The number of fused-ring (bicyclic) bond motifs is 22. The first kappa shape index (κ1) is 79.4. The van der Waals surface area contributed by atoms with Crippen LogP contribution in [0.3, 0.4) is 0 Å². The zero-order valence-electron chi connectivity index (χ0n) is 73.2. The van der Waals surface area contributed by atoms with Gasteiger partial charge in [0.25, 0.3) is 0 Å². The summed E-state index contributed by atoms with van der Waals surface area (Å²) in [6.45, 7) is 0. The van der Waals surface area contributed by atoms with Crippen LogP contribution in [0.2, 0.25) is 0 Å². The average Bonchev–Trinajstić information content (AvgIpc) is 1.58. The van der Waals surface area contributed by atoms with Gasteiger partial charge in [-0.15, -0.1) is 0 Å². The van der Waals surface area contributed by atoms with E-state index < -0.39 is 0 Å². The fourth-order valence-electron chi connectivity index (χ4n) is 19.0. The lowest BCUT2D eigenvalue weighted by Gasteiger charge is -2.26. The van der Waals surface area contributed by atoms with E-state index in [4.69, 9.17) is 49.8 Å². The molecule has 0 amide bonds. The molecule has 0 saturated heterocycles. The molecule has 0 atom stereocenters. The lowest BCUT2D eigenvalue weighted by Crippen LogP contribution is -2.17. The van der Waals surface area contributed by atoms with Crippen LogP contribution >= 0.6 is 0 Å². The summed E-state index contributed by atoms with van der Waals surface area (Å²) in [4.78, 5) is 58.3. The van der Waals surface area contributed by atoms with Crippen LogP contribution in [0.5, 0.6) is 0 Å². The molecule has 0 bridgehead atoms. The van der Waals surface area contributed by atoms with Gasteiger partial charge in [0.1, 0.15) is 5.82 Å². The van der Waals surface area contributed by atoms with Gasteiger partial charge in [-0.05, 0) is 125 Å². The monoisotopic (exact) mass is 1740 g/mol. The van der Waals surface area contributed by atoms with Crippen LogP contribution in [0, 0.1) is 0 Å². The van der Waals surface area contributed by atoms with E-state index in [-0.39, 0.29) is 0 Å². The number of hydrogen-bond acceptors (Lipinski definition) is 13. The lowest BCUT2D eigenvalue weighted by molar-refractivity contribution is 0.999. The van der Waals surface area contributed by atoms with Crippen molar-refractivity contribution >= 4 is 96.2 Å². The molecule has 6 aromatic heterocycles. The minimum atomic E-state index is 0.567. The van der Waals surface area contributed by atoms with Crippen molar-refractivity contribution in [1.82, 2.24) is 63.5 Å². The van der Waals surface area contributed by atoms with Crippen molar-refractivity contribution in [3.8, 4) is 141 Å². The van der Waals surface area contributed by atoms with Crippen molar-refractivity contribution in [2.75, 3.05) is 14.7 Å². The molecule has 16 heteroatoms. The second-order valence-corrected chi connectivity index (χ2v) is 33.5. The van der Waals surface area contributed by atoms with Crippen molar-refractivity contribution in [2.45, 2.75) is 0 Å². The van der Waals surface area contributed by atoms with Gasteiger partial charge in [-0.25, -0.2) is 54.7 Å². The fourth-order valence-corrected chi connectivity index (χ4v) is 19.0. The fraction of sp³-hybridized carbons (Fsp3) is 0. The van der Waals surface area contributed by atoms with Crippen LogP contribution in [-0.4, -0.2) is 63.5 Å². The summed E-state index contributed by atoms with van der Waals surface area (Å²) in [7, 11) is 0. The maximum absolute atomic E-state index is 5.37. The molecule has 9 heterocycles. The van der Waals surface area contributed by atoms with Gasteiger partial charge in [-0.1, -0.05) is 364 Å². The Balaban J connectivity index is 0.000000111. The largest absolute Gasteiger partial charge is 0.280 e. The van der Waals surface area contributed by atoms with Gasteiger partial charge in [-0.2, -0.15) is 0 Å². The Bertz CT molecular complexity index is 8240. The molecule has 0 spiro atoms. The number of anilines is 9. The molecular formula is C120H78N16. The summed E-state index contributed by atoms with van der Waals surface area (Å²) in [6.07, 6.45) is 0. The number of aromatic nitrogens is 13. The average molecular weight is 1740 g/mol. The van der Waals surface area contributed by atoms with Crippen molar-refractivity contribution in [3.05, 3.63) is 473 Å². The minimum absolute atomic E-state index is 0.567. The molecule has 0 fully saturated rings. The highest BCUT2D eigenvalue weighted by Gasteiger charge is 2.36. The Morgan fingerprint density at radius 1 is 0.162 bits per heavy atom. The van der Waals surface area contributed by atoms with E-state index in [1.165, 1.54) is 10.8 Å². The molecule has 0 aliphatic carbocycles. The first-order chi connectivity index (χ1) is 67.4. The molecule has 16 nitrogen and oxygen atoms in total. The van der Waals surface area contributed by atoms with Gasteiger partial charge >= 0.3 is 0 Å². The highest BCUT2D eigenvalue weighted by Crippen LogP contribution is 2.53. The van der Waals surface area contributed by atoms with E-state index in [1.807, 2.05) is 152 Å². The second kappa shape index (κ2) is 33.9. The normalized spacial score (nSPS) is 11.9. The van der Waals surface area contributed by atoms with E-state index in [0.717, 1.165) is 197 Å². The Morgan fingerprint density at radius 3 is 0.904 bits per heavy atom. The third-order valence-electron chi connectivity index (χ3n) is 25.3. The summed E-state index contributed by atoms with van der Waals surface area (Å²) in [5.41, 5.74) is 31.3. The lowest BCUT2D eigenvalue weighted by atomic mass is 9.97. The Labute approximate surface area is 783 Å². The maximum Gasteiger partial charge on any atom is 0.238 e. The van der Waals surface area contributed by atoms with E-state index in [2.05, 4.69) is 350 Å². The molecule has 3 aliphatic rings. The quantitative estimate of drug-likeness (QED) is 0.121. The Morgan fingerprint density at radius 2 is 0.471 bits per heavy atom. The summed E-state index contributed by atoms with van der Waals surface area (Å²) < 4.78 is 6.76. The van der Waals surface area contributed by atoms with Crippen LogP contribution in [0.4, 0.5) is 52.4 Å². The smallest absolute Gasteiger partial charge is 0.238 e. The maximum atomic E-state index is 5.37. The number of rotatable bonds is 11. The van der Waals surface area contributed by atoms with E-state index >= 15 is 0 Å². The highest BCUT2D eigenvalue weighted by molar-refractivity contribution is 6.02. The Kier molecular flexibility index (Phi) is 19.8. The highest BCUT2D eigenvalue weighted by atomic mass is 15.4. The zero-order valence-corrected chi connectivity index (χ0v) is 73.2. The third-order valence-corrected chi connectivity index (χ3v) is 25.3. The van der Waals surface area contributed by atoms with Crippen LogP contribution in [0.1, 0.15) is 0 Å². The predicted octanol–water partition coefficient (Wildman–Crippen LogP) is 29.7. The molecule has 0 radical (unpaired) electrons. The third kappa shape index (κ3) is 14.3. The first-order valence-corrected chi connectivity index (χ1v) is 45.4. The molecule has 638 valence electrons. The van der Waals surface area contributed by atoms with Gasteiger partial charge in [0.2, 0.25) is 23.8 Å². The van der Waals surface area contributed by atoms with E-state index in [0.29, 0.717) is 29.2 Å². The minimum Gasteiger partial charge on any atom is -0.280 e. The van der Waals surface area contributed by atoms with Gasteiger partial charge in [-0.3, -0.25) is 23.5 Å².